The average Bonchev–Trinajstić information content (AvgIpc) is 2.28. The van der Waals surface area contributed by atoms with Gasteiger partial charge in [-0.1, -0.05) is 54.6 Å². The van der Waals surface area contributed by atoms with Crippen LogP contribution in [-0.4, -0.2) is 11.9 Å². The molecule has 0 spiro atoms. The second-order valence-electron chi connectivity index (χ2n) is 3.81. The first-order chi connectivity index (χ1) is 7.61. The molecular formula is C14H13ClNY-. The topological polar surface area (TPSA) is 3.24 Å². The van der Waals surface area contributed by atoms with Gasteiger partial charge < -0.3 is 4.90 Å². The Balaban J connectivity index is 0.00000144. The van der Waals surface area contributed by atoms with Gasteiger partial charge in [-0.15, -0.1) is 11.6 Å². The molecule has 3 heteroatoms. The van der Waals surface area contributed by atoms with Gasteiger partial charge in [0.2, 0.25) is 0 Å². The van der Waals surface area contributed by atoms with Gasteiger partial charge in [0.25, 0.3) is 0 Å². The summed E-state index contributed by atoms with van der Waals surface area (Å²) < 4.78 is 0. The maximum atomic E-state index is 6.17. The van der Waals surface area contributed by atoms with E-state index in [2.05, 4.69) is 12.7 Å². The predicted molar refractivity (Wildman–Crippen MR) is 68.8 cm³/mol. The van der Waals surface area contributed by atoms with Gasteiger partial charge in [-0.3, -0.25) is 0 Å². The summed E-state index contributed by atoms with van der Waals surface area (Å²) in [6.45, 7) is 6.06. The fraction of sp³-hybridized carbons (Fsp3) is 0.143. The Morgan fingerprint density at radius 2 is 1.94 bits per heavy atom. The van der Waals surface area contributed by atoms with Crippen LogP contribution in [0.3, 0.4) is 0 Å². The van der Waals surface area contributed by atoms with Crippen molar-refractivity contribution in [2.24, 2.45) is 0 Å². The molecule has 85 valence electrons. The summed E-state index contributed by atoms with van der Waals surface area (Å²) in [6, 6.07) is 7.76. The molecule has 1 aromatic carbocycles. The van der Waals surface area contributed by atoms with Crippen molar-refractivity contribution in [1.29, 1.82) is 0 Å². The van der Waals surface area contributed by atoms with E-state index in [9.17, 15) is 0 Å². The Kier molecular flexibility index (Phi) is 5.18. The van der Waals surface area contributed by atoms with E-state index in [1.165, 1.54) is 0 Å². The van der Waals surface area contributed by atoms with E-state index >= 15 is 0 Å². The van der Waals surface area contributed by atoms with Crippen LogP contribution in [0.15, 0.2) is 48.2 Å². The summed E-state index contributed by atoms with van der Waals surface area (Å²) in [6.07, 6.45) is 5.19. The average molecular weight is 320 g/mol. The van der Waals surface area contributed by atoms with Gasteiger partial charge in [0.1, 0.15) is 0 Å². The van der Waals surface area contributed by atoms with E-state index < -0.39 is 0 Å². The zero-order valence-electron chi connectivity index (χ0n) is 10.00. The van der Waals surface area contributed by atoms with E-state index in [1.54, 1.807) is 0 Å². The Morgan fingerprint density at radius 1 is 1.29 bits per heavy atom. The normalized spacial score (nSPS) is 15.0. The van der Waals surface area contributed by atoms with Gasteiger partial charge in [-0.05, 0) is 10.7 Å². The molecule has 2 rings (SSSR count). The molecule has 0 unspecified atom stereocenters. The Morgan fingerprint density at radius 3 is 2.59 bits per heavy atom. The molecule has 1 aliphatic rings. The third-order valence-electron chi connectivity index (χ3n) is 2.75. The van der Waals surface area contributed by atoms with Gasteiger partial charge in [0, 0.05) is 39.8 Å². The molecule has 1 heterocycles. The molecule has 1 nitrogen and oxygen atoms in total. The number of halogens is 1. The van der Waals surface area contributed by atoms with Crippen LogP contribution < -0.4 is 0 Å². The fourth-order valence-electron chi connectivity index (χ4n) is 1.67. The molecule has 1 aliphatic heterocycles. The number of likely N-dealkylation sites (N-methyl/N-ethyl adjacent to an activating group) is 1. The summed E-state index contributed by atoms with van der Waals surface area (Å²) in [5.41, 5.74) is 4.05. The van der Waals surface area contributed by atoms with Crippen molar-refractivity contribution in [3.63, 3.8) is 0 Å². The predicted octanol–water partition coefficient (Wildman–Crippen LogP) is 3.89. The van der Waals surface area contributed by atoms with Crippen LogP contribution in [0.5, 0.6) is 0 Å². The Hall–Kier alpha value is -0.366. The van der Waals surface area contributed by atoms with Gasteiger partial charge >= 0.3 is 0 Å². The van der Waals surface area contributed by atoms with Crippen LogP contribution in [0.25, 0.3) is 5.70 Å². The molecule has 0 N–H and O–H groups in total. The summed E-state index contributed by atoms with van der Waals surface area (Å²) in [5, 5.41) is 0.734. The van der Waals surface area contributed by atoms with Crippen molar-refractivity contribution in [3.05, 3.63) is 64.9 Å². The zero-order chi connectivity index (χ0) is 11.7. The van der Waals surface area contributed by atoms with E-state index in [-0.39, 0.29) is 32.7 Å². The van der Waals surface area contributed by atoms with Crippen molar-refractivity contribution in [2.75, 3.05) is 7.05 Å². The molecule has 0 bridgehead atoms. The first kappa shape index (κ1) is 14.7. The Labute approximate surface area is 133 Å². The molecule has 1 radical (unpaired) electrons. The standard InChI is InChI=1S/C14H13ClN.Y/c1-10-8-9-14(16(3)11(10)2)12-6-4-5-7-13(12)15;/h4-8H,2H2,1,3H3;/q-1;. The van der Waals surface area contributed by atoms with Crippen molar-refractivity contribution in [3.8, 4) is 0 Å². The third kappa shape index (κ3) is 2.90. The monoisotopic (exact) mass is 319 g/mol. The molecule has 0 aliphatic carbocycles. The fourth-order valence-corrected chi connectivity index (χ4v) is 1.89. The maximum absolute atomic E-state index is 6.17. The molecule has 0 aromatic heterocycles. The minimum atomic E-state index is 0. The Bertz CT molecular complexity index is 503. The van der Waals surface area contributed by atoms with E-state index in [0.29, 0.717) is 0 Å². The van der Waals surface area contributed by atoms with Crippen LogP contribution in [0.1, 0.15) is 12.5 Å². The summed E-state index contributed by atoms with van der Waals surface area (Å²) in [5.74, 6) is 0. The van der Waals surface area contributed by atoms with Gasteiger partial charge in [-0.2, -0.15) is 12.2 Å². The van der Waals surface area contributed by atoms with Crippen molar-refractivity contribution >= 4 is 17.3 Å². The summed E-state index contributed by atoms with van der Waals surface area (Å²) in [7, 11) is 1.98. The number of benzene rings is 1. The molecule has 0 fully saturated rings. The first-order valence-electron chi connectivity index (χ1n) is 5.09. The zero-order valence-corrected chi connectivity index (χ0v) is 13.6. The first-order valence-corrected chi connectivity index (χ1v) is 5.47. The number of hydrogen-bond donors (Lipinski definition) is 0. The van der Waals surface area contributed by atoms with Crippen LogP contribution in [-0.2, 0) is 32.7 Å². The van der Waals surface area contributed by atoms with Crippen molar-refractivity contribution < 1.29 is 32.7 Å². The molecule has 0 saturated heterocycles. The molecule has 0 atom stereocenters. The van der Waals surface area contributed by atoms with Crippen molar-refractivity contribution in [1.82, 2.24) is 4.90 Å². The molecule has 0 amide bonds. The van der Waals surface area contributed by atoms with Gasteiger partial charge in [-0.25, -0.2) is 0 Å². The van der Waals surface area contributed by atoms with Crippen LogP contribution in [0, 0.1) is 6.08 Å². The molecule has 1 aromatic rings. The van der Waals surface area contributed by atoms with E-state index in [4.69, 9.17) is 11.6 Å². The smallest absolute Gasteiger partial charge is 0.00846 e. The SMILES string of the molecule is C=C1C(C)=C[C-]=C(c2ccccc2Cl)N1C.[Y]. The second kappa shape index (κ2) is 5.99. The molecule has 17 heavy (non-hydrogen) atoms. The molecular weight excluding hydrogens is 307 g/mol. The summed E-state index contributed by atoms with van der Waals surface area (Å²) >= 11 is 6.17. The second-order valence-corrected chi connectivity index (χ2v) is 4.21. The number of rotatable bonds is 1. The van der Waals surface area contributed by atoms with E-state index in [1.807, 2.05) is 49.2 Å². The van der Waals surface area contributed by atoms with E-state index in [0.717, 1.165) is 27.6 Å². The minimum absolute atomic E-state index is 0. The number of allylic oxidation sites excluding steroid dienone is 3. The van der Waals surface area contributed by atoms with Gasteiger partial charge in [0.15, 0.2) is 0 Å². The number of hydrogen-bond acceptors (Lipinski definition) is 1. The van der Waals surface area contributed by atoms with Crippen LogP contribution >= 0.6 is 11.6 Å². The van der Waals surface area contributed by atoms with Crippen molar-refractivity contribution in [2.45, 2.75) is 6.92 Å². The van der Waals surface area contributed by atoms with Crippen LogP contribution in [0.4, 0.5) is 0 Å². The minimum Gasteiger partial charge on any atom is -0.378 e. The third-order valence-corrected chi connectivity index (χ3v) is 3.08. The van der Waals surface area contributed by atoms with Crippen LogP contribution in [0.2, 0.25) is 5.02 Å². The maximum Gasteiger partial charge on any atom is 0.00846 e. The molecule has 0 saturated carbocycles. The quantitative estimate of drug-likeness (QED) is 0.710. The largest absolute Gasteiger partial charge is 0.378 e. The van der Waals surface area contributed by atoms with Gasteiger partial charge in [0.05, 0.1) is 0 Å². The number of nitrogens with zero attached hydrogens (tertiary/aromatic N) is 1. The summed E-state index contributed by atoms with van der Waals surface area (Å²) in [4.78, 5) is 2.01.